The fraction of sp³-hybridized carbons (Fsp3) is 0.286. The van der Waals surface area contributed by atoms with Crippen molar-refractivity contribution in [2.24, 2.45) is 0 Å². The molecule has 1 saturated heterocycles. The van der Waals surface area contributed by atoms with Crippen molar-refractivity contribution in [3.63, 3.8) is 0 Å². The molecule has 1 aliphatic rings. The van der Waals surface area contributed by atoms with Gasteiger partial charge in [-0.2, -0.15) is 0 Å². The van der Waals surface area contributed by atoms with Gasteiger partial charge < -0.3 is 19.0 Å². The second-order valence-electron chi connectivity index (χ2n) is 7.44. The Balaban J connectivity index is 1.71. The van der Waals surface area contributed by atoms with Crippen molar-refractivity contribution in [3.8, 4) is 11.5 Å². The highest BCUT2D eigenvalue weighted by Crippen LogP contribution is 2.39. The number of fused-ring (bicyclic) bond motifs is 5. The molecular weight excluding hydrogens is 384 g/mol. The lowest BCUT2D eigenvalue weighted by atomic mass is 10.0. The molecule has 3 heterocycles. The standard InChI is InChI=1S/C21H17F2NO5/c22-21(23)5-7-24(8-6-21)10-13-14(26)3-4-15-17(13)18-19(28-15)12-2-1-11(25)9-16(12)29-20(18)27/h1-4,9,25-26H,5-8,10H2. The van der Waals surface area contributed by atoms with Gasteiger partial charge in [-0.3, -0.25) is 4.90 Å². The Kier molecular flexibility index (Phi) is 3.82. The molecular formula is C21H17F2NO5. The summed E-state index contributed by atoms with van der Waals surface area (Å²) < 4.78 is 38.2. The number of aromatic hydroxyl groups is 2. The highest BCUT2D eigenvalue weighted by atomic mass is 19.3. The van der Waals surface area contributed by atoms with Gasteiger partial charge in [0.05, 0.1) is 5.39 Å². The number of hydrogen-bond acceptors (Lipinski definition) is 6. The maximum atomic E-state index is 13.5. The number of hydrogen-bond donors (Lipinski definition) is 2. The van der Waals surface area contributed by atoms with E-state index in [2.05, 4.69) is 0 Å². The van der Waals surface area contributed by atoms with Crippen molar-refractivity contribution in [2.75, 3.05) is 13.1 Å². The molecule has 0 aliphatic carbocycles. The van der Waals surface area contributed by atoms with Crippen LogP contribution >= 0.6 is 0 Å². The monoisotopic (exact) mass is 401 g/mol. The SMILES string of the molecule is O=c1oc2cc(O)ccc2c2oc3ccc(O)c(CN4CCC(F)(F)CC4)c3c12. The summed E-state index contributed by atoms with van der Waals surface area (Å²) in [5, 5.41) is 21.2. The van der Waals surface area contributed by atoms with Crippen LogP contribution in [0.1, 0.15) is 18.4 Å². The van der Waals surface area contributed by atoms with Crippen LogP contribution in [0.3, 0.4) is 0 Å². The van der Waals surface area contributed by atoms with E-state index in [-0.39, 0.29) is 54.9 Å². The maximum absolute atomic E-state index is 13.5. The number of alkyl halides is 2. The van der Waals surface area contributed by atoms with E-state index in [1.165, 1.54) is 18.2 Å². The summed E-state index contributed by atoms with van der Waals surface area (Å²) in [6.07, 6.45) is -0.488. The van der Waals surface area contributed by atoms with Gasteiger partial charge in [-0.05, 0) is 24.3 Å². The number of likely N-dealkylation sites (tertiary alicyclic amines) is 1. The molecule has 0 saturated carbocycles. The lowest BCUT2D eigenvalue weighted by molar-refractivity contribution is -0.0566. The summed E-state index contributed by atoms with van der Waals surface area (Å²) >= 11 is 0. The molecule has 2 aromatic carbocycles. The second kappa shape index (κ2) is 6.18. The van der Waals surface area contributed by atoms with Gasteiger partial charge in [0.25, 0.3) is 5.92 Å². The minimum Gasteiger partial charge on any atom is -0.508 e. The van der Waals surface area contributed by atoms with Gasteiger partial charge in [0.1, 0.15) is 28.1 Å². The smallest absolute Gasteiger partial charge is 0.348 e. The van der Waals surface area contributed by atoms with Crippen LogP contribution in [0.5, 0.6) is 11.5 Å². The number of benzene rings is 2. The fourth-order valence-corrected chi connectivity index (χ4v) is 3.99. The first kappa shape index (κ1) is 17.9. The van der Waals surface area contributed by atoms with E-state index >= 15 is 0 Å². The van der Waals surface area contributed by atoms with E-state index in [9.17, 15) is 23.8 Å². The topological polar surface area (TPSA) is 87.0 Å². The molecule has 8 heteroatoms. The Bertz CT molecular complexity index is 1310. The van der Waals surface area contributed by atoms with Crippen molar-refractivity contribution in [1.82, 2.24) is 4.90 Å². The molecule has 2 aromatic heterocycles. The van der Waals surface area contributed by atoms with Crippen LogP contribution in [0.4, 0.5) is 8.78 Å². The highest BCUT2D eigenvalue weighted by molar-refractivity contribution is 6.14. The van der Waals surface area contributed by atoms with E-state index in [0.29, 0.717) is 27.5 Å². The molecule has 2 N–H and O–H groups in total. The van der Waals surface area contributed by atoms with Crippen molar-refractivity contribution in [1.29, 1.82) is 0 Å². The van der Waals surface area contributed by atoms with Crippen LogP contribution in [0.25, 0.3) is 32.9 Å². The summed E-state index contributed by atoms with van der Waals surface area (Å²) in [6, 6.07) is 7.40. The number of piperidine rings is 1. The van der Waals surface area contributed by atoms with Crippen molar-refractivity contribution >= 4 is 32.9 Å². The van der Waals surface area contributed by atoms with Gasteiger partial charge in [-0.1, -0.05) is 0 Å². The third kappa shape index (κ3) is 2.91. The number of phenolic OH excluding ortho intramolecular Hbond substituents is 2. The summed E-state index contributed by atoms with van der Waals surface area (Å²) in [6.45, 7) is 0.589. The molecule has 0 atom stereocenters. The third-order valence-corrected chi connectivity index (χ3v) is 5.52. The van der Waals surface area contributed by atoms with Crippen LogP contribution in [0.15, 0.2) is 44.0 Å². The Morgan fingerprint density at radius 3 is 2.52 bits per heavy atom. The molecule has 0 unspecified atom stereocenters. The predicted octanol–water partition coefficient (Wildman–Crippen LogP) is 4.33. The third-order valence-electron chi connectivity index (χ3n) is 5.52. The molecule has 4 aromatic rings. The first-order valence-electron chi connectivity index (χ1n) is 9.25. The number of halogens is 2. The first-order chi connectivity index (χ1) is 13.8. The molecule has 1 fully saturated rings. The van der Waals surface area contributed by atoms with Gasteiger partial charge in [0, 0.05) is 49.5 Å². The van der Waals surface area contributed by atoms with Crippen LogP contribution in [-0.4, -0.2) is 34.1 Å². The van der Waals surface area contributed by atoms with Gasteiger partial charge >= 0.3 is 5.63 Å². The number of furan rings is 1. The van der Waals surface area contributed by atoms with Gasteiger partial charge in [0.2, 0.25) is 0 Å². The molecule has 29 heavy (non-hydrogen) atoms. The zero-order chi connectivity index (χ0) is 20.3. The molecule has 6 nitrogen and oxygen atoms in total. The Morgan fingerprint density at radius 2 is 1.76 bits per heavy atom. The van der Waals surface area contributed by atoms with Gasteiger partial charge in [-0.15, -0.1) is 0 Å². The second-order valence-corrected chi connectivity index (χ2v) is 7.44. The average molecular weight is 401 g/mol. The Labute approximate surface area is 162 Å². The molecule has 0 spiro atoms. The molecule has 0 amide bonds. The summed E-state index contributed by atoms with van der Waals surface area (Å²) in [5.41, 5.74) is 0.655. The van der Waals surface area contributed by atoms with Crippen molar-refractivity contribution < 1.29 is 27.8 Å². The number of phenols is 2. The van der Waals surface area contributed by atoms with E-state index < -0.39 is 11.5 Å². The van der Waals surface area contributed by atoms with Gasteiger partial charge in [-0.25, -0.2) is 13.6 Å². The lowest BCUT2D eigenvalue weighted by Gasteiger charge is -2.31. The van der Waals surface area contributed by atoms with E-state index in [1.54, 1.807) is 12.1 Å². The van der Waals surface area contributed by atoms with Crippen molar-refractivity contribution in [2.45, 2.75) is 25.3 Å². The number of nitrogens with zero attached hydrogens (tertiary/aromatic N) is 1. The summed E-state index contributed by atoms with van der Waals surface area (Å²) in [7, 11) is 0. The Morgan fingerprint density at radius 1 is 1.00 bits per heavy atom. The van der Waals surface area contributed by atoms with Crippen LogP contribution < -0.4 is 5.63 Å². The van der Waals surface area contributed by atoms with E-state index in [1.807, 2.05) is 4.90 Å². The molecule has 1 aliphatic heterocycles. The lowest BCUT2D eigenvalue weighted by Crippen LogP contribution is -2.38. The minimum atomic E-state index is -2.67. The maximum Gasteiger partial charge on any atom is 0.348 e. The first-order valence-corrected chi connectivity index (χ1v) is 9.25. The van der Waals surface area contributed by atoms with E-state index in [0.717, 1.165) is 0 Å². The Hall–Kier alpha value is -3.13. The number of rotatable bonds is 2. The van der Waals surface area contributed by atoms with Crippen LogP contribution in [0, 0.1) is 0 Å². The normalized spacial score (nSPS) is 17.4. The molecule has 0 bridgehead atoms. The zero-order valence-corrected chi connectivity index (χ0v) is 15.2. The molecule has 0 radical (unpaired) electrons. The molecule has 5 rings (SSSR count). The fourth-order valence-electron chi connectivity index (χ4n) is 3.99. The molecule has 150 valence electrons. The average Bonchev–Trinajstić information content (AvgIpc) is 3.06. The predicted molar refractivity (Wildman–Crippen MR) is 103 cm³/mol. The summed E-state index contributed by atoms with van der Waals surface area (Å²) in [5.74, 6) is -2.75. The van der Waals surface area contributed by atoms with Crippen LogP contribution in [-0.2, 0) is 6.54 Å². The quantitative estimate of drug-likeness (QED) is 0.486. The van der Waals surface area contributed by atoms with Gasteiger partial charge in [0.15, 0.2) is 5.58 Å². The van der Waals surface area contributed by atoms with E-state index in [4.69, 9.17) is 8.83 Å². The summed E-state index contributed by atoms with van der Waals surface area (Å²) in [4.78, 5) is 14.5. The minimum absolute atomic E-state index is 0.0391. The van der Waals surface area contributed by atoms with Crippen LogP contribution in [0.2, 0.25) is 0 Å². The largest absolute Gasteiger partial charge is 0.508 e. The van der Waals surface area contributed by atoms with Crippen molar-refractivity contribution in [3.05, 3.63) is 46.3 Å². The highest BCUT2D eigenvalue weighted by Gasteiger charge is 2.34. The zero-order valence-electron chi connectivity index (χ0n) is 15.2.